The highest BCUT2D eigenvalue weighted by Crippen LogP contribution is 2.14. The summed E-state index contributed by atoms with van der Waals surface area (Å²) in [6.07, 6.45) is 1.11. The van der Waals surface area contributed by atoms with E-state index < -0.39 is 0 Å². The lowest BCUT2D eigenvalue weighted by Crippen LogP contribution is -2.25. The molecule has 0 atom stereocenters. The zero-order valence-corrected chi connectivity index (χ0v) is 13.8. The van der Waals surface area contributed by atoms with Gasteiger partial charge in [-0.2, -0.15) is 15.5 Å². The molecule has 1 amide bonds. The van der Waals surface area contributed by atoms with Crippen LogP contribution < -0.4 is 10.9 Å². The number of amides is 1. The average molecular weight is 331 g/mol. The highest BCUT2D eigenvalue weighted by Gasteiger charge is 2.12. The Hall–Kier alpha value is -3.46. The van der Waals surface area contributed by atoms with Gasteiger partial charge in [-0.05, 0) is 42.3 Å². The summed E-state index contributed by atoms with van der Waals surface area (Å²) in [7, 11) is 0. The van der Waals surface area contributed by atoms with Crippen molar-refractivity contribution >= 4 is 23.0 Å². The molecule has 3 rings (SSSR count). The number of rotatable bonds is 4. The van der Waals surface area contributed by atoms with E-state index in [0.29, 0.717) is 18.4 Å². The van der Waals surface area contributed by atoms with Crippen molar-refractivity contribution in [3.63, 3.8) is 0 Å². The second kappa shape index (κ2) is 7.41. The zero-order valence-electron chi connectivity index (χ0n) is 13.8. The third-order valence-corrected chi connectivity index (χ3v) is 3.91. The van der Waals surface area contributed by atoms with Crippen molar-refractivity contribution in [1.82, 2.24) is 5.43 Å². The standard InChI is InChI=1S/C19H17N5O/c1-13(15-4-2-14(12-20)3-5-15)21-22-17-8-6-16(7-9-17)18-10-11-19(25)24-23-18/h2-9,22H,10-11H2,1H3,(H,24,25). The Balaban J connectivity index is 1.66. The molecule has 0 saturated carbocycles. The maximum absolute atomic E-state index is 11.1. The fourth-order valence-electron chi connectivity index (χ4n) is 2.42. The fourth-order valence-corrected chi connectivity index (χ4v) is 2.42. The maximum Gasteiger partial charge on any atom is 0.240 e. The predicted octanol–water partition coefficient (Wildman–Crippen LogP) is 3.01. The van der Waals surface area contributed by atoms with E-state index in [-0.39, 0.29) is 5.91 Å². The Bertz CT molecular complexity index is 874. The molecule has 0 aliphatic carbocycles. The van der Waals surface area contributed by atoms with Gasteiger partial charge in [0, 0.05) is 12.8 Å². The molecule has 0 fully saturated rings. The smallest absolute Gasteiger partial charge is 0.240 e. The van der Waals surface area contributed by atoms with E-state index in [4.69, 9.17) is 5.26 Å². The van der Waals surface area contributed by atoms with Crippen LogP contribution in [0.15, 0.2) is 58.7 Å². The third-order valence-electron chi connectivity index (χ3n) is 3.91. The van der Waals surface area contributed by atoms with Crippen LogP contribution in [0.2, 0.25) is 0 Å². The average Bonchev–Trinajstić information content (AvgIpc) is 2.67. The Kier molecular flexibility index (Phi) is 4.86. The number of nitrogens with one attached hydrogen (secondary N) is 2. The SMILES string of the molecule is CC(=NNc1ccc(C2=NNC(=O)CC2)cc1)c1ccc(C#N)cc1. The first-order valence-electron chi connectivity index (χ1n) is 7.92. The molecular weight excluding hydrogens is 314 g/mol. The van der Waals surface area contributed by atoms with Crippen molar-refractivity contribution in [3.8, 4) is 6.07 Å². The lowest BCUT2D eigenvalue weighted by Gasteiger charge is -2.12. The van der Waals surface area contributed by atoms with Gasteiger partial charge in [0.2, 0.25) is 5.91 Å². The van der Waals surface area contributed by atoms with E-state index in [2.05, 4.69) is 27.1 Å². The maximum atomic E-state index is 11.1. The number of hydrogen-bond donors (Lipinski definition) is 2. The molecular formula is C19H17N5O. The van der Waals surface area contributed by atoms with Gasteiger partial charge in [-0.15, -0.1) is 0 Å². The number of anilines is 1. The van der Waals surface area contributed by atoms with E-state index in [9.17, 15) is 4.79 Å². The fraction of sp³-hybridized carbons (Fsp3) is 0.158. The van der Waals surface area contributed by atoms with Crippen LogP contribution in [-0.4, -0.2) is 17.3 Å². The number of nitrogens with zero attached hydrogens (tertiary/aromatic N) is 3. The number of nitriles is 1. The molecule has 1 aliphatic rings. The summed E-state index contributed by atoms with van der Waals surface area (Å²) >= 11 is 0. The lowest BCUT2D eigenvalue weighted by atomic mass is 10.0. The summed E-state index contributed by atoms with van der Waals surface area (Å²) in [5, 5.41) is 17.3. The minimum Gasteiger partial charge on any atom is -0.278 e. The molecule has 6 nitrogen and oxygen atoms in total. The normalized spacial score (nSPS) is 14.3. The Morgan fingerprint density at radius 1 is 1.16 bits per heavy atom. The van der Waals surface area contributed by atoms with Crippen LogP contribution in [0, 0.1) is 11.3 Å². The highest BCUT2D eigenvalue weighted by molar-refractivity contribution is 6.04. The summed E-state index contributed by atoms with van der Waals surface area (Å²) in [5.74, 6) is -0.0466. The lowest BCUT2D eigenvalue weighted by molar-refractivity contribution is -0.121. The van der Waals surface area contributed by atoms with Gasteiger partial charge in [0.15, 0.2) is 0 Å². The quantitative estimate of drug-likeness (QED) is 0.666. The van der Waals surface area contributed by atoms with Crippen molar-refractivity contribution in [2.75, 3.05) is 5.43 Å². The summed E-state index contributed by atoms with van der Waals surface area (Å²) in [6, 6.07) is 17.1. The van der Waals surface area contributed by atoms with Crippen molar-refractivity contribution in [2.24, 2.45) is 10.2 Å². The van der Waals surface area contributed by atoms with Crippen LogP contribution in [0.1, 0.15) is 36.5 Å². The van der Waals surface area contributed by atoms with Gasteiger partial charge < -0.3 is 0 Å². The molecule has 25 heavy (non-hydrogen) atoms. The first-order valence-corrected chi connectivity index (χ1v) is 7.92. The number of carbonyl (C=O) groups is 1. The van der Waals surface area contributed by atoms with Crippen LogP contribution in [-0.2, 0) is 4.79 Å². The van der Waals surface area contributed by atoms with Crippen LogP contribution in [0.5, 0.6) is 0 Å². The van der Waals surface area contributed by atoms with Crippen molar-refractivity contribution in [3.05, 3.63) is 65.2 Å². The van der Waals surface area contributed by atoms with Crippen LogP contribution in [0.3, 0.4) is 0 Å². The molecule has 0 aromatic heterocycles. The monoisotopic (exact) mass is 331 g/mol. The Labute approximate surface area is 145 Å². The summed E-state index contributed by atoms with van der Waals surface area (Å²) in [5.41, 5.74) is 10.7. The zero-order chi connectivity index (χ0) is 17.6. The van der Waals surface area contributed by atoms with Gasteiger partial charge >= 0.3 is 0 Å². The minimum atomic E-state index is -0.0466. The van der Waals surface area contributed by atoms with Gasteiger partial charge in [0.25, 0.3) is 0 Å². The number of benzene rings is 2. The van der Waals surface area contributed by atoms with Crippen molar-refractivity contribution in [1.29, 1.82) is 5.26 Å². The molecule has 1 aliphatic heterocycles. The van der Waals surface area contributed by atoms with E-state index in [1.807, 2.05) is 43.3 Å². The molecule has 2 aromatic rings. The first kappa shape index (κ1) is 16.4. The Morgan fingerprint density at radius 2 is 1.88 bits per heavy atom. The van der Waals surface area contributed by atoms with Gasteiger partial charge in [-0.1, -0.05) is 24.3 Å². The number of carbonyl (C=O) groups excluding carboxylic acids is 1. The second-order valence-corrected chi connectivity index (χ2v) is 5.67. The van der Waals surface area contributed by atoms with E-state index in [0.717, 1.165) is 28.2 Å². The van der Waals surface area contributed by atoms with Gasteiger partial charge in [0.1, 0.15) is 0 Å². The van der Waals surface area contributed by atoms with Crippen molar-refractivity contribution < 1.29 is 4.79 Å². The van der Waals surface area contributed by atoms with E-state index >= 15 is 0 Å². The molecule has 0 bridgehead atoms. The van der Waals surface area contributed by atoms with Gasteiger partial charge in [-0.3, -0.25) is 10.2 Å². The molecule has 0 spiro atoms. The predicted molar refractivity (Wildman–Crippen MR) is 97.3 cm³/mol. The van der Waals surface area contributed by atoms with Crippen molar-refractivity contribution in [2.45, 2.75) is 19.8 Å². The molecule has 2 N–H and O–H groups in total. The second-order valence-electron chi connectivity index (χ2n) is 5.67. The Morgan fingerprint density at radius 3 is 2.48 bits per heavy atom. The summed E-state index contributed by atoms with van der Waals surface area (Å²) < 4.78 is 0. The molecule has 0 radical (unpaired) electrons. The number of hydrazone groups is 2. The highest BCUT2D eigenvalue weighted by atomic mass is 16.2. The number of hydrogen-bond acceptors (Lipinski definition) is 5. The topological polar surface area (TPSA) is 89.6 Å². The molecule has 124 valence electrons. The van der Waals surface area contributed by atoms with Crippen LogP contribution >= 0.6 is 0 Å². The largest absolute Gasteiger partial charge is 0.278 e. The van der Waals surface area contributed by atoms with Gasteiger partial charge in [-0.25, -0.2) is 5.43 Å². The molecule has 2 aromatic carbocycles. The van der Waals surface area contributed by atoms with Crippen LogP contribution in [0.4, 0.5) is 5.69 Å². The summed E-state index contributed by atoms with van der Waals surface area (Å²) in [6.45, 7) is 1.90. The molecule has 1 heterocycles. The molecule has 0 unspecified atom stereocenters. The minimum absolute atomic E-state index is 0.0466. The molecule has 6 heteroatoms. The molecule has 0 saturated heterocycles. The first-order chi connectivity index (χ1) is 12.2. The van der Waals surface area contributed by atoms with E-state index in [1.54, 1.807) is 12.1 Å². The van der Waals surface area contributed by atoms with Crippen LogP contribution in [0.25, 0.3) is 0 Å². The third kappa shape index (κ3) is 4.09. The van der Waals surface area contributed by atoms with E-state index in [1.165, 1.54) is 0 Å². The summed E-state index contributed by atoms with van der Waals surface area (Å²) in [4.78, 5) is 11.1. The van der Waals surface area contributed by atoms with Gasteiger partial charge in [0.05, 0.1) is 28.7 Å².